The summed E-state index contributed by atoms with van der Waals surface area (Å²) < 4.78 is 4.65. The van der Waals surface area contributed by atoms with Crippen LogP contribution in [0, 0.1) is 0 Å². The maximum atomic E-state index is 10.9. The number of rotatable bonds is 7. The van der Waals surface area contributed by atoms with Crippen LogP contribution in [0.4, 0.5) is 0 Å². The van der Waals surface area contributed by atoms with Gasteiger partial charge >= 0.3 is 0 Å². The summed E-state index contributed by atoms with van der Waals surface area (Å²) in [6, 6.07) is 0. The van der Waals surface area contributed by atoms with E-state index in [0.29, 0.717) is 25.7 Å². The van der Waals surface area contributed by atoms with E-state index in [0.717, 1.165) is 0 Å². The predicted molar refractivity (Wildman–Crippen MR) is 46.0 cm³/mol. The van der Waals surface area contributed by atoms with Crippen LogP contribution in [-0.4, -0.2) is 25.3 Å². The van der Waals surface area contributed by atoms with E-state index in [1.54, 1.807) is 0 Å². The molecular weight excluding hydrogens is 156 g/mol. The molecule has 0 unspecified atom stereocenters. The molecule has 0 radical (unpaired) electrons. The predicted octanol–water partition coefficient (Wildman–Crippen LogP) is 1.35. The zero-order valence-corrected chi connectivity index (χ0v) is 7.76. The molecule has 0 aliphatic heterocycles. The van der Waals surface area contributed by atoms with Crippen LogP contribution in [0.1, 0.15) is 32.6 Å². The molecule has 0 heterocycles. The van der Waals surface area contributed by atoms with Crippen LogP contribution < -0.4 is 0 Å². The van der Waals surface area contributed by atoms with Crippen molar-refractivity contribution in [1.29, 1.82) is 0 Å². The van der Waals surface area contributed by atoms with Crippen LogP contribution >= 0.6 is 0 Å². The monoisotopic (exact) mass is 172 g/mol. The lowest BCUT2D eigenvalue weighted by molar-refractivity contribution is -0.123. The summed E-state index contributed by atoms with van der Waals surface area (Å²) in [5, 5.41) is 0. The van der Waals surface area contributed by atoms with E-state index in [1.807, 2.05) is 6.92 Å². The lowest BCUT2D eigenvalue weighted by Gasteiger charge is -1.98. The Morgan fingerprint density at radius 3 is 2.25 bits per heavy atom. The highest BCUT2D eigenvalue weighted by atomic mass is 16.5. The van der Waals surface area contributed by atoms with Gasteiger partial charge in [0.2, 0.25) is 0 Å². The SMILES string of the molecule is CCC(=O)CCCC(=O)COC. The summed E-state index contributed by atoms with van der Waals surface area (Å²) in [6.07, 6.45) is 2.21. The Bertz CT molecular complexity index is 152. The third-order valence-electron chi connectivity index (χ3n) is 1.61. The van der Waals surface area contributed by atoms with Crippen LogP contribution in [-0.2, 0) is 14.3 Å². The molecule has 0 fully saturated rings. The fourth-order valence-electron chi connectivity index (χ4n) is 0.893. The summed E-state index contributed by atoms with van der Waals surface area (Å²) in [4.78, 5) is 21.7. The molecule has 0 atom stereocenters. The molecule has 0 bridgehead atoms. The average Bonchev–Trinajstić information content (AvgIpc) is 2.04. The minimum atomic E-state index is 0.0707. The molecule has 0 spiro atoms. The number of ketones is 2. The summed E-state index contributed by atoms with van der Waals surface area (Å²) >= 11 is 0. The first-order valence-electron chi connectivity index (χ1n) is 4.23. The van der Waals surface area contributed by atoms with Gasteiger partial charge in [-0.3, -0.25) is 9.59 Å². The number of Topliss-reactive ketones (excluding diaryl/α,β-unsaturated/α-hetero) is 2. The molecule has 3 heteroatoms. The molecule has 3 nitrogen and oxygen atoms in total. The molecule has 12 heavy (non-hydrogen) atoms. The largest absolute Gasteiger partial charge is 0.377 e. The molecule has 0 saturated heterocycles. The third kappa shape index (κ3) is 6.04. The number of methoxy groups -OCH3 is 1. The highest BCUT2D eigenvalue weighted by Gasteiger charge is 2.02. The number of hydrogen-bond donors (Lipinski definition) is 0. The van der Waals surface area contributed by atoms with Gasteiger partial charge < -0.3 is 4.74 Å². The summed E-state index contributed by atoms with van der Waals surface area (Å²) in [6.45, 7) is 2.00. The quantitative estimate of drug-likeness (QED) is 0.582. The van der Waals surface area contributed by atoms with Crippen molar-refractivity contribution in [1.82, 2.24) is 0 Å². The molecule has 0 amide bonds. The van der Waals surface area contributed by atoms with Gasteiger partial charge in [0.15, 0.2) is 5.78 Å². The van der Waals surface area contributed by atoms with Gasteiger partial charge in [-0.25, -0.2) is 0 Å². The lowest BCUT2D eigenvalue weighted by atomic mass is 10.1. The van der Waals surface area contributed by atoms with E-state index in [9.17, 15) is 9.59 Å². The Kier molecular flexibility index (Phi) is 6.57. The Morgan fingerprint density at radius 2 is 1.75 bits per heavy atom. The van der Waals surface area contributed by atoms with Crippen molar-refractivity contribution in [2.24, 2.45) is 0 Å². The molecule has 0 rings (SSSR count). The first kappa shape index (κ1) is 11.3. The van der Waals surface area contributed by atoms with Crippen LogP contribution in [0.15, 0.2) is 0 Å². The average molecular weight is 172 g/mol. The number of carbonyl (C=O) groups is 2. The second kappa shape index (κ2) is 6.98. The van der Waals surface area contributed by atoms with Gasteiger partial charge in [0.05, 0.1) is 0 Å². The van der Waals surface area contributed by atoms with Gasteiger partial charge in [0.25, 0.3) is 0 Å². The third-order valence-corrected chi connectivity index (χ3v) is 1.61. The van der Waals surface area contributed by atoms with Crippen molar-refractivity contribution in [2.75, 3.05) is 13.7 Å². The Hall–Kier alpha value is -0.700. The maximum absolute atomic E-state index is 10.9. The zero-order chi connectivity index (χ0) is 9.40. The van der Waals surface area contributed by atoms with Gasteiger partial charge in [-0.1, -0.05) is 6.92 Å². The summed E-state index contributed by atoms with van der Waals surface area (Å²) in [5.74, 6) is 0.293. The second-order valence-electron chi connectivity index (χ2n) is 2.72. The van der Waals surface area contributed by atoms with Crippen molar-refractivity contribution < 1.29 is 14.3 Å². The minimum absolute atomic E-state index is 0.0707. The highest BCUT2D eigenvalue weighted by molar-refractivity contribution is 5.81. The Labute approximate surface area is 73.1 Å². The molecule has 0 saturated carbocycles. The van der Waals surface area contributed by atoms with E-state index in [-0.39, 0.29) is 18.2 Å². The van der Waals surface area contributed by atoms with E-state index in [4.69, 9.17) is 0 Å². The Morgan fingerprint density at radius 1 is 1.17 bits per heavy atom. The molecule has 0 aromatic carbocycles. The molecule has 0 aromatic heterocycles. The van der Waals surface area contributed by atoms with Gasteiger partial charge in [-0.2, -0.15) is 0 Å². The fraction of sp³-hybridized carbons (Fsp3) is 0.778. The fourth-order valence-corrected chi connectivity index (χ4v) is 0.893. The second-order valence-corrected chi connectivity index (χ2v) is 2.72. The van der Waals surface area contributed by atoms with Crippen LogP contribution in [0.25, 0.3) is 0 Å². The molecule has 0 aromatic rings. The molecule has 0 aliphatic carbocycles. The summed E-state index contributed by atoms with van der Waals surface area (Å²) in [7, 11) is 1.50. The topological polar surface area (TPSA) is 43.4 Å². The van der Waals surface area contributed by atoms with Crippen molar-refractivity contribution in [3.05, 3.63) is 0 Å². The maximum Gasteiger partial charge on any atom is 0.158 e. The number of hydrogen-bond acceptors (Lipinski definition) is 3. The van der Waals surface area contributed by atoms with Crippen molar-refractivity contribution in [3.8, 4) is 0 Å². The highest BCUT2D eigenvalue weighted by Crippen LogP contribution is 1.99. The normalized spacial score (nSPS) is 9.83. The smallest absolute Gasteiger partial charge is 0.158 e. The standard InChI is InChI=1S/C9H16O3/c1-3-8(10)5-4-6-9(11)7-12-2/h3-7H2,1-2H3. The molecule has 70 valence electrons. The number of carbonyl (C=O) groups excluding carboxylic acids is 2. The minimum Gasteiger partial charge on any atom is -0.377 e. The van der Waals surface area contributed by atoms with E-state index < -0.39 is 0 Å². The lowest BCUT2D eigenvalue weighted by Crippen LogP contribution is -2.07. The zero-order valence-electron chi connectivity index (χ0n) is 7.76. The van der Waals surface area contributed by atoms with Crippen LogP contribution in [0.2, 0.25) is 0 Å². The first-order chi connectivity index (χ1) is 5.70. The molecule has 0 aliphatic rings. The van der Waals surface area contributed by atoms with Gasteiger partial charge in [0.1, 0.15) is 12.4 Å². The van der Waals surface area contributed by atoms with Crippen molar-refractivity contribution in [2.45, 2.75) is 32.6 Å². The van der Waals surface area contributed by atoms with Gasteiger partial charge in [-0.15, -0.1) is 0 Å². The van der Waals surface area contributed by atoms with Gasteiger partial charge in [-0.05, 0) is 6.42 Å². The van der Waals surface area contributed by atoms with Crippen LogP contribution in [0.5, 0.6) is 0 Å². The Balaban J connectivity index is 3.30. The van der Waals surface area contributed by atoms with E-state index in [2.05, 4.69) is 4.74 Å². The van der Waals surface area contributed by atoms with Crippen molar-refractivity contribution in [3.63, 3.8) is 0 Å². The van der Waals surface area contributed by atoms with E-state index in [1.165, 1.54) is 7.11 Å². The first-order valence-corrected chi connectivity index (χ1v) is 4.23. The van der Waals surface area contributed by atoms with Crippen molar-refractivity contribution >= 4 is 11.6 Å². The van der Waals surface area contributed by atoms with Crippen LogP contribution in [0.3, 0.4) is 0 Å². The number of ether oxygens (including phenoxy) is 1. The molecular formula is C9H16O3. The summed E-state index contributed by atoms with van der Waals surface area (Å²) in [5.41, 5.74) is 0. The van der Waals surface area contributed by atoms with E-state index >= 15 is 0 Å². The van der Waals surface area contributed by atoms with Gasteiger partial charge in [0, 0.05) is 26.4 Å². The molecule has 0 N–H and O–H groups in total.